The lowest BCUT2D eigenvalue weighted by molar-refractivity contribution is -0.148. The molecule has 1 amide bonds. The fraction of sp³-hybridized carbons (Fsp3) is 0.400. The monoisotopic (exact) mass is 341 g/mol. The predicted molar refractivity (Wildman–Crippen MR) is 95.7 cm³/mol. The molecule has 1 fully saturated rings. The van der Waals surface area contributed by atoms with Gasteiger partial charge in [-0.05, 0) is 40.8 Å². The number of benzene rings is 2. The number of ether oxygens (including phenoxy) is 1. The number of amides is 1. The first-order valence-corrected chi connectivity index (χ1v) is 8.56. The Morgan fingerprint density at radius 3 is 2.76 bits per heavy atom. The fourth-order valence-corrected chi connectivity index (χ4v) is 3.61. The number of rotatable bonds is 4. The molecule has 2 unspecified atom stereocenters. The highest BCUT2D eigenvalue weighted by Gasteiger charge is 2.32. The van der Waals surface area contributed by atoms with Crippen LogP contribution in [0.2, 0.25) is 0 Å². The van der Waals surface area contributed by atoms with E-state index in [-0.39, 0.29) is 17.7 Å². The van der Waals surface area contributed by atoms with Crippen LogP contribution >= 0.6 is 0 Å². The number of carbonyl (C=O) groups excluding carboxylic acids is 1. The van der Waals surface area contributed by atoms with Crippen LogP contribution in [0, 0.1) is 11.8 Å². The Hall–Kier alpha value is -2.56. The second kappa shape index (κ2) is 7.13. The Labute approximate surface area is 147 Å². The molecular weight excluding hydrogens is 318 g/mol. The van der Waals surface area contributed by atoms with Crippen LogP contribution in [0.5, 0.6) is 5.75 Å². The minimum absolute atomic E-state index is 0.0252. The summed E-state index contributed by atoms with van der Waals surface area (Å²) in [4.78, 5) is 25.8. The zero-order chi connectivity index (χ0) is 18.0. The summed E-state index contributed by atoms with van der Waals surface area (Å²) in [6.07, 6.45) is 0.834. The Balaban J connectivity index is 1.77. The van der Waals surface area contributed by atoms with Gasteiger partial charge in [0, 0.05) is 13.1 Å². The van der Waals surface area contributed by atoms with E-state index in [1.54, 1.807) is 12.0 Å². The molecule has 0 aromatic heterocycles. The van der Waals surface area contributed by atoms with Gasteiger partial charge in [0.15, 0.2) is 0 Å². The normalized spacial score (nSPS) is 20.5. The van der Waals surface area contributed by atoms with Crippen LogP contribution in [0.25, 0.3) is 10.8 Å². The lowest BCUT2D eigenvalue weighted by atomic mass is 9.87. The van der Waals surface area contributed by atoms with Crippen molar-refractivity contribution in [3.05, 3.63) is 42.0 Å². The van der Waals surface area contributed by atoms with Crippen LogP contribution in [-0.2, 0) is 16.0 Å². The van der Waals surface area contributed by atoms with E-state index in [0.717, 1.165) is 22.1 Å². The van der Waals surface area contributed by atoms with Gasteiger partial charge in [-0.3, -0.25) is 9.59 Å². The van der Waals surface area contributed by atoms with Crippen LogP contribution in [0.15, 0.2) is 36.4 Å². The molecule has 3 rings (SSSR count). The fourth-order valence-electron chi connectivity index (χ4n) is 3.61. The number of aliphatic carboxylic acids is 1. The summed E-state index contributed by atoms with van der Waals surface area (Å²) in [7, 11) is 1.63. The largest absolute Gasteiger partial charge is 0.497 e. The first kappa shape index (κ1) is 17.3. The van der Waals surface area contributed by atoms with Gasteiger partial charge in [0.1, 0.15) is 5.75 Å². The number of carboxylic acids is 1. The molecule has 2 aromatic rings. The summed E-state index contributed by atoms with van der Waals surface area (Å²) in [6.45, 7) is 2.92. The summed E-state index contributed by atoms with van der Waals surface area (Å²) in [5.41, 5.74) is 0.967. The Kier molecular flexibility index (Phi) is 4.93. The van der Waals surface area contributed by atoms with E-state index >= 15 is 0 Å². The second-order valence-corrected chi connectivity index (χ2v) is 6.73. The molecule has 5 heteroatoms. The minimum Gasteiger partial charge on any atom is -0.497 e. The maximum atomic E-state index is 12.7. The van der Waals surface area contributed by atoms with Crippen molar-refractivity contribution in [2.75, 3.05) is 20.2 Å². The Morgan fingerprint density at radius 2 is 2.08 bits per heavy atom. The van der Waals surface area contributed by atoms with Gasteiger partial charge in [-0.1, -0.05) is 31.2 Å². The van der Waals surface area contributed by atoms with Crippen molar-refractivity contribution in [1.82, 2.24) is 4.90 Å². The first-order chi connectivity index (χ1) is 12.0. The SMILES string of the molecule is COc1ccc2cccc(CC(=O)N3CCC(C(=O)O)C(C)C3)c2c1. The van der Waals surface area contributed by atoms with Crippen molar-refractivity contribution >= 4 is 22.6 Å². The number of carboxylic acid groups (broad SMARTS) is 1. The third-order valence-electron chi connectivity index (χ3n) is 5.10. The Morgan fingerprint density at radius 1 is 1.28 bits per heavy atom. The van der Waals surface area contributed by atoms with Crippen molar-refractivity contribution in [1.29, 1.82) is 0 Å². The molecular formula is C20H23NO4. The molecule has 0 saturated carbocycles. The second-order valence-electron chi connectivity index (χ2n) is 6.73. The molecule has 1 heterocycles. The number of hydrogen-bond acceptors (Lipinski definition) is 3. The highest BCUT2D eigenvalue weighted by atomic mass is 16.5. The average Bonchev–Trinajstić information content (AvgIpc) is 2.61. The molecule has 132 valence electrons. The lowest BCUT2D eigenvalue weighted by Gasteiger charge is -2.35. The summed E-state index contributed by atoms with van der Waals surface area (Å²) in [5, 5.41) is 11.3. The van der Waals surface area contributed by atoms with E-state index in [2.05, 4.69) is 0 Å². The van der Waals surface area contributed by atoms with E-state index in [1.807, 2.05) is 43.3 Å². The maximum absolute atomic E-state index is 12.7. The lowest BCUT2D eigenvalue weighted by Crippen LogP contribution is -2.45. The molecule has 2 aromatic carbocycles. The molecule has 2 atom stereocenters. The standard InChI is InChI=1S/C20H23NO4/c1-13-12-21(9-8-17(13)20(23)24)19(22)10-15-5-3-4-14-6-7-16(25-2)11-18(14)15/h3-7,11,13,17H,8-10,12H2,1-2H3,(H,23,24). The van der Waals surface area contributed by atoms with Crippen molar-refractivity contribution in [2.45, 2.75) is 19.8 Å². The van der Waals surface area contributed by atoms with Gasteiger partial charge in [-0.2, -0.15) is 0 Å². The Bertz CT molecular complexity index is 801. The molecule has 5 nitrogen and oxygen atoms in total. The summed E-state index contributed by atoms with van der Waals surface area (Å²) in [6, 6.07) is 11.8. The zero-order valence-corrected chi connectivity index (χ0v) is 14.6. The first-order valence-electron chi connectivity index (χ1n) is 8.56. The molecule has 25 heavy (non-hydrogen) atoms. The molecule has 1 N–H and O–H groups in total. The van der Waals surface area contributed by atoms with E-state index in [1.165, 1.54) is 0 Å². The van der Waals surface area contributed by atoms with Gasteiger partial charge in [0.25, 0.3) is 0 Å². The molecule has 0 bridgehead atoms. The number of carbonyl (C=O) groups is 2. The molecule has 0 aliphatic carbocycles. The number of piperidine rings is 1. The van der Waals surface area contributed by atoms with Crippen molar-refractivity contribution in [3.63, 3.8) is 0 Å². The minimum atomic E-state index is -0.763. The molecule has 0 radical (unpaired) electrons. The summed E-state index contributed by atoms with van der Waals surface area (Å²) in [5.74, 6) is -0.330. The van der Waals surface area contributed by atoms with Crippen LogP contribution < -0.4 is 4.74 Å². The van der Waals surface area contributed by atoms with E-state index in [0.29, 0.717) is 25.9 Å². The summed E-state index contributed by atoms with van der Waals surface area (Å²) < 4.78 is 5.30. The zero-order valence-electron chi connectivity index (χ0n) is 14.6. The third-order valence-corrected chi connectivity index (χ3v) is 5.10. The predicted octanol–water partition coefficient (Wildman–Crippen LogP) is 2.96. The number of methoxy groups -OCH3 is 1. The van der Waals surface area contributed by atoms with Crippen molar-refractivity contribution < 1.29 is 19.4 Å². The third kappa shape index (κ3) is 3.60. The van der Waals surface area contributed by atoms with Crippen molar-refractivity contribution in [2.24, 2.45) is 11.8 Å². The van der Waals surface area contributed by atoms with Crippen LogP contribution in [0.1, 0.15) is 18.9 Å². The highest BCUT2D eigenvalue weighted by Crippen LogP contribution is 2.27. The van der Waals surface area contributed by atoms with Gasteiger partial charge < -0.3 is 14.7 Å². The van der Waals surface area contributed by atoms with Gasteiger partial charge in [0.2, 0.25) is 5.91 Å². The average molecular weight is 341 g/mol. The maximum Gasteiger partial charge on any atom is 0.306 e. The van der Waals surface area contributed by atoms with E-state index < -0.39 is 5.97 Å². The number of fused-ring (bicyclic) bond motifs is 1. The number of hydrogen-bond donors (Lipinski definition) is 1. The van der Waals surface area contributed by atoms with E-state index in [4.69, 9.17) is 4.74 Å². The number of nitrogens with zero attached hydrogens (tertiary/aromatic N) is 1. The molecule has 1 aliphatic rings. The molecule has 1 saturated heterocycles. The van der Waals surface area contributed by atoms with Crippen LogP contribution in [0.4, 0.5) is 0 Å². The van der Waals surface area contributed by atoms with Crippen LogP contribution in [0.3, 0.4) is 0 Å². The van der Waals surface area contributed by atoms with Gasteiger partial charge in [0.05, 0.1) is 19.4 Å². The van der Waals surface area contributed by atoms with E-state index in [9.17, 15) is 14.7 Å². The van der Waals surface area contributed by atoms with Gasteiger partial charge >= 0.3 is 5.97 Å². The van der Waals surface area contributed by atoms with Gasteiger partial charge in [-0.15, -0.1) is 0 Å². The number of likely N-dealkylation sites (tertiary alicyclic amines) is 1. The molecule has 1 aliphatic heterocycles. The van der Waals surface area contributed by atoms with Crippen molar-refractivity contribution in [3.8, 4) is 5.75 Å². The molecule has 0 spiro atoms. The summed E-state index contributed by atoms with van der Waals surface area (Å²) >= 11 is 0. The smallest absolute Gasteiger partial charge is 0.306 e. The quantitative estimate of drug-likeness (QED) is 0.928. The highest BCUT2D eigenvalue weighted by molar-refractivity contribution is 5.91. The van der Waals surface area contributed by atoms with Crippen LogP contribution in [-0.4, -0.2) is 42.1 Å². The topological polar surface area (TPSA) is 66.8 Å². The van der Waals surface area contributed by atoms with Gasteiger partial charge in [-0.25, -0.2) is 0 Å².